The molecule has 0 saturated heterocycles. The number of hydrogen-bond acceptors (Lipinski definition) is 4. The van der Waals surface area contributed by atoms with Gasteiger partial charge in [0, 0.05) is 6.04 Å². The van der Waals surface area contributed by atoms with E-state index in [-0.39, 0.29) is 12.0 Å². The molecule has 1 aromatic heterocycles. The van der Waals surface area contributed by atoms with Gasteiger partial charge in [-0.3, -0.25) is 9.69 Å². The number of carbonyl (C=O) groups is 1. The lowest BCUT2D eigenvalue weighted by Gasteiger charge is -2.24. The fraction of sp³-hybridized carbons (Fsp3) is 0.615. The maximum atomic E-state index is 11.5. The maximum Gasteiger partial charge on any atom is 0.320 e. The van der Waals surface area contributed by atoms with E-state index in [0.717, 1.165) is 11.5 Å². The van der Waals surface area contributed by atoms with Crippen molar-refractivity contribution in [2.24, 2.45) is 0 Å². The van der Waals surface area contributed by atoms with E-state index in [1.165, 1.54) is 0 Å². The largest absolute Gasteiger partial charge is 0.465 e. The Bertz CT molecular complexity index is 357. The Kier molecular flexibility index (Phi) is 5.22. The van der Waals surface area contributed by atoms with Crippen LogP contribution in [0, 0.1) is 6.92 Å². The standard InChI is InChI=1S/C13H21NO3/c1-5-16-13(15)9-14(10(2)3)8-12-7-6-11(4)17-12/h6-7,10H,5,8-9H2,1-4H3. The number of hydrogen-bond donors (Lipinski definition) is 0. The molecule has 0 N–H and O–H groups in total. The monoisotopic (exact) mass is 239 g/mol. The molecule has 0 saturated carbocycles. The molecule has 0 aliphatic rings. The van der Waals surface area contributed by atoms with Gasteiger partial charge in [-0.05, 0) is 39.8 Å². The SMILES string of the molecule is CCOC(=O)CN(Cc1ccc(C)o1)C(C)C. The molecule has 0 radical (unpaired) electrons. The van der Waals surface area contributed by atoms with Crippen molar-refractivity contribution in [1.29, 1.82) is 0 Å². The Balaban J connectivity index is 2.57. The van der Waals surface area contributed by atoms with Gasteiger partial charge in [-0.1, -0.05) is 0 Å². The van der Waals surface area contributed by atoms with E-state index in [4.69, 9.17) is 9.15 Å². The van der Waals surface area contributed by atoms with Crippen LogP contribution in [-0.4, -0.2) is 30.1 Å². The summed E-state index contributed by atoms with van der Waals surface area (Å²) in [7, 11) is 0. The zero-order valence-electron chi connectivity index (χ0n) is 11.0. The lowest BCUT2D eigenvalue weighted by atomic mass is 10.3. The highest BCUT2D eigenvalue weighted by atomic mass is 16.5. The lowest BCUT2D eigenvalue weighted by molar-refractivity contribution is -0.145. The number of rotatable bonds is 6. The molecule has 4 nitrogen and oxygen atoms in total. The molecule has 0 aliphatic carbocycles. The van der Waals surface area contributed by atoms with Crippen molar-refractivity contribution < 1.29 is 13.9 Å². The number of carbonyl (C=O) groups excluding carboxylic acids is 1. The van der Waals surface area contributed by atoms with Crippen LogP contribution in [0.4, 0.5) is 0 Å². The third-order valence-corrected chi connectivity index (χ3v) is 2.52. The fourth-order valence-corrected chi connectivity index (χ4v) is 1.56. The molecule has 17 heavy (non-hydrogen) atoms. The van der Waals surface area contributed by atoms with Gasteiger partial charge in [0.05, 0.1) is 19.7 Å². The average molecular weight is 239 g/mol. The van der Waals surface area contributed by atoms with Crippen LogP contribution in [0.3, 0.4) is 0 Å². The second kappa shape index (κ2) is 6.45. The molecule has 96 valence electrons. The molecule has 4 heteroatoms. The van der Waals surface area contributed by atoms with Gasteiger partial charge < -0.3 is 9.15 Å². The summed E-state index contributed by atoms with van der Waals surface area (Å²) in [6, 6.07) is 4.14. The lowest BCUT2D eigenvalue weighted by Crippen LogP contribution is -2.35. The predicted octanol–water partition coefficient (Wildman–Crippen LogP) is 2.36. The van der Waals surface area contributed by atoms with Gasteiger partial charge in [-0.2, -0.15) is 0 Å². The zero-order chi connectivity index (χ0) is 12.8. The van der Waals surface area contributed by atoms with E-state index in [1.54, 1.807) is 0 Å². The first kappa shape index (κ1) is 13.8. The van der Waals surface area contributed by atoms with Crippen molar-refractivity contribution in [3.63, 3.8) is 0 Å². The molecule has 0 aromatic carbocycles. The first-order valence-electron chi connectivity index (χ1n) is 5.98. The van der Waals surface area contributed by atoms with Crippen molar-refractivity contribution >= 4 is 5.97 Å². The predicted molar refractivity (Wildman–Crippen MR) is 65.6 cm³/mol. The molecule has 1 aromatic rings. The molecule has 0 atom stereocenters. The Morgan fingerprint density at radius 3 is 2.65 bits per heavy atom. The minimum Gasteiger partial charge on any atom is -0.465 e. The van der Waals surface area contributed by atoms with Crippen molar-refractivity contribution in [2.45, 2.75) is 40.3 Å². The Morgan fingerprint density at radius 1 is 1.47 bits per heavy atom. The third-order valence-electron chi connectivity index (χ3n) is 2.52. The van der Waals surface area contributed by atoms with Gasteiger partial charge in [0.25, 0.3) is 0 Å². The first-order valence-corrected chi connectivity index (χ1v) is 5.98. The van der Waals surface area contributed by atoms with Crippen molar-refractivity contribution in [2.75, 3.05) is 13.2 Å². The third kappa shape index (κ3) is 4.61. The zero-order valence-corrected chi connectivity index (χ0v) is 11.0. The van der Waals surface area contributed by atoms with Gasteiger partial charge in [-0.15, -0.1) is 0 Å². The second-order valence-corrected chi connectivity index (χ2v) is 4.32. The van der Waals surface area contributed by atoms with Crippen LogP contribution in [0.25, 0.3) is 0 Å². The summed E-state index contributed by atoms with van der Waals surface area (Å²) >= 11 is 0. The normalized spacial score (nSPS) is 11.2. The van der Waals surface area contributed by atoms with Crippen LogP contribution in [0.15, 0.2) is 16.5 Å². The van der Waals surface area contributed by atoms with E-state index in [0.29, 0.717) is 19.7 Å². The van der Waals surface area contributed by atoms with Gasteiger partial charge in [-0.25, -0.2) is 0 Å². The summed E-state index contributed by atoms with van der Waals surface area (Å²) in [5.74, 6) is 1.57. The summed E-state index contributed by atoms with van der Waals surface area (Å²) < 4.78 is 10.5. The van der Waals surface area contributed by atoms with E-state index in [9.17, 15) is 4.79 Å². The highest BCUT2D eigenvalue weighted by Crippen LogP contribution is 2.11. The van der Waals surface area contributed by atoms with Crippen LogP contribution >= 0.6 is 0 Å². The molecule has 1 heterocycles. The average Bonchev–Trinajstić information content (AvgIpc) is 2.63. The van der Waals surface area contributed by atoms with E-state index in [2.05, 4.69) is 13.8 Å². The van der Waals surface area contributed by atoms with E-state index in [1.807, 2.05) is 30.9 Å². The maximum absolute atomic E-state index is 11.5. The molecular formula is C13H21NO3. The van der Waals surface area contributed by atoms with Crippen molar-refractivity contribution in [1.82, 2.24) is 4.90 Å². The number of ether oxygens (including phenoxy) is 1. The van der Waals surface area contributed by atoms with Crippen LogP contribution in [-0.2, 0) is 16.1 Å². The Labute approximate surface area is 103 Å². The molecule has 0 amide bonds. The van der Waals surface area contributed by atoms with Crippen LogP contribution in [0.1, 0.15) is 32.3 Å². The topological polar surface area (TPSA) is 42.7 Å². The highest BCUT2D eigenvalue weighted by Gasteiger charge is 2.16. The highest BCUT2D eigenvalue weighted by molar-refractivity contribution is 5.71. The minimum absolute atomic E-state index is 0.190. The van der Waals surface area contributed by atoms with E-state index >= 15 is 0 Å². The molecule has 0 aliphatic heterocycles. The molecule has 0 fully saturated rings. The number of nitrogens with zero attached hydrogens (tertiary/aromatic N) is 1. The van der Waals surface area contributed by atoms with Gasteiger partial charge in [0.1, 0.15) is 11.5 Å². The summed E-state index contributed by atoms with van der Waals surface area (Å²) in [6.07, 6.45) is 0. The number of aryl methyl sites for hydroxylation is 1. The number of furan rings is 1. The smallest absolute Gasteiger partial charge is 0.320 e. The van der Waals surface area contributed by atoms with Crippen LogP contribution in [0.2, 0.25) is 0 Å². The van der Waals surface area contributed by atoms with Gasteiger partial charge in [0.2, 0.25) is 0 Å². The minimum atomic E-state index is -0.190. The Morgan fingerprint density at radius 2 is 2.18 bits per heavy atom. The quantitative estimate of drug-likeness (QED) is 0.715. The summed E-state index contributed by atoms with van der Waals surface area (Å²) in [4.78, 5) is 13.5. The van der Waals surface area contributed by atoms with Gasteiger partial charge >= 0.3 is 5.97 Å². The molecule has 0 bridgehead atoms. The van der Waals surface area contributed by atoms with Crippen molar-refractivity contribution in [3.8, 4) is 0 Å². The molecular weight excluding hydrogens is 218 g/mol. The van der Waals surface area contributed by atoms with Crippen LogP contribution in [0.5, 0.6) is 0 Å². The van der Waals surface area contributed by atoms with E-state index < -0.39 is 0 Å². The molecule has 1 rings (SSSR count). The molecule has 0 spiro atoms. The number of esters is 1. The Hall–Kier alpha value is -1.29. The summed E-state index contributed by atoms with van der Waals surface area (Å²) in [6.45, 7) is 9.17. The van der Waals surface area contributed by atoms with Gasteiger partial charge in [0.15, 0.2) is 0 Å². The second-order valence-electron chi connectivity index (χ2n) is 4.32. The fourth-order valence-electron chi connectivity index (χ4n) is 1.56. The summed E-state index contributed by atoms with van der Waals surface area (Å²) in [5, 5.41) is 0. The molecule has 0 unspecified atom stereocenters. The van der Waals surface area contributed by atoms with Crippen LogP contribution < -0.4 is 0 Å². The van der Waals surface area contributed by atoms with Crippen molar-refractivity contribution in [3.05, 3.63) is 23.7 Å². The first-order chi connectivity index (χ1) is 8.02. The summed E-state index contributed by atoms with van der Waals surface area (Å²) in [5.41, 5.74) is 0.